The lowest BCUT2D eigenvalue weighted by atomic mass is 10.0. The number of ketones is 1. The van der Waals surface area contributed by atoms with Gasteiger partial charge in [-0.25, -0.2) is 4.79 Å². The van der Waals surface area contributed by atoms with Crippen molar-refractivity contribution in [2.45, 2.75) is 51.8 Å². The molecule has 0 fully saturated rings. The SMILES string of the molecule is COCCC1C(=O)N(CC(=O)N[C@@H](Cc2ccccc2)C(=O)C(=O)OC(C)C)C(c2ccccc2)=CN1C(C)=O. The van der Waals surface area contributed by atoms with E-state index in [1.807, 2.05) is 12.1 Å². The summed E-state index contributed by atoms with van der Waals surface area (Å²) in [6.45, 7) is 4.40. The number of carbonyl (C=O) groups is 5. The number of methoxy groups -OCH3 is 1. The summed E-state index contributed by atoms with van der Waals surface area (Å²) < 4.78 is 10.2. The molecule has 0 radical (unpaired) electrons. The number of nitrogens with one attached hydrogen (secondary N) is 1. The molecule has 1 aliphatic rings. The Hall–Kier alpha value is -4.31. The van der Waals surface area contributed by atoms with Gasteiger partial charge in [-0.3, -0.25) is 24.1 Å². The molecule has 1 heterocycles. The van der Waals surface area contributed by atoms with Gasteiger partial charge < -0.3 is 19.7 Å². The molecule has 212 valence electrons. The molecule has 10 nitrogen and oxygen atoms in total. The molecule has 0 bridgehead atoms. The Labute approximate surface area is 233 Å². The molecule has 1 aliphatic heterocycles. The third-order valence-electron chi connectivity index (χ3n) is 6.25. The lowest BCUT2D eigenvalue weighted by Gasteiger charge is -2.39. The minimum absolute atomic E-state index is 0.0581. The molecule has 0 saturated carbocycles. The number of amides is 3. The first-order chi connectivity index (χ1) is 19.1. The zero-order valence-electron chi connectivity index (χ0n) is 23.2. The van der Waals surface area contributed by atoms with Crippen LogP contribution in [0, 0.1) is 0 Å². The highest BCUT2D eigenvalue weighted by atomic mass is 16.5. The van der Waals surface area contributed by atoms with Crippen molar-refractivity contribution < 1.29 is 33.4 Å². The predicted molar refractivity (Wildman–Crippen MR) is 147 cm³/mol. The molecular weight excluding hydrogens is 514 g/mol. The van der Waals surface area contributed by atoms with Crippen molar-refractivity contribution in [1.82, 2.24) is 15.1 Å². The summed E-state index contributed by atoms with van der Waals surface area (Å²) in [6, 6.07) is 15.8. The van der Waals surface area contributed by atoms with E-state index < -0.39 is 48.3 Å². The van der Waals surface area contributed by atoms with E-state index in [-0.39, 0.29) is 25.4 Å². The molecule has 0 aliphatic carbocycles. The zero-order chi connectivity index (χ0) is 29.2. The quantitative estimate of drug-likeness (QED) is 0.319. The fraction of sp³-hybridized carbons (Fsp3) is 0.367. The van der Waals surface area contributed by atoms with E-state index in [4.69, 9.17) is 9.47 Å². The van der Waals surface area contributed by atoms with Gasteiger partial charge in [-0.2, -0.15) is 0 Å². The van der Waals surface area contributed by atoms with Gasteiger partial charge in [-0.05, 0) is 25.0 Å². The Morgan fingerprint density at radius 1 is 0.975 bits per heavy atom. The molecular formula is C30H35N3O7. The summed E-state index contributed by atoms with van der Waals surface area (Å²) >= 11 is 0. The monoisotopic (exact) mass is 549 g/mol. The zero-order valence-corrected chi connectivity index (χ0v) is 23.2. The number of benzene rings is 2. The standard InChI is InChI=1S/C30H35N3O7/c1-20(2)40-30(38)28(36)24(17-22-11-7-5-8-12-22)31-27(35)19-33-26(23-13-9-6-10-14-23)18-32(21(3)34)25(29(33)37)15-16-39-4/h5-14,18,20,24-25H,15-17,19H2,1-4H3,(H,31,35)/t24-,25?/m0/s1. The minimum atomic E-state index is -1.21. The van der Waals surface area contributed by atoms with Crippen molar-refractivity contribution in [3.05, 3.63) is 78.0 Å². The van der Waals surface area contributed by atoms with E-state index in [9.17, 15) is 24.0 Å². The number of Topliss-reactive ketones (excluding diaryl/α,β-unsaturated/α-hetero) is 1. The van der Waals surface area contributed by atoms with Crippen molar-refractivity contribution in [2.75, 3.05) is 20.3 Å². The van der Waals surface area contributed by atoms with Crippen molar-refractivity contribution in [3.63, 3.8) is 0 Å². The Kier molecular flexibility index (Phi) is 10.7. The van der Waals surface area contributed by atoms with E-state index in [0.29, 0.717) is 11.3 Å². The van der Waals surface area contributed by atoms with Crippen molar-refractivity contribution in [3.8, 4) is 0 Å². The molecule has 2 atom stereocenters. The Bertz CT molecular complexity index is 1240. The first-order valence-electron chi connectivity index (χ1n) is 13.1. The smallest absolute Gasteiger partial charge is 0.377 e. The topological polar surface area (TPSA) is 122 Å². The molecule has 3 amide bonds. The minimum Gasteiger partial charge on any atom is -0.457 e. The number of hydrogen-bond donors (Lipinski definition) is 1. The summed E-state index contributed by atoms with van der Waals surface area (Å²) in [6.07, 6.45) is 1.33. The summed E-state index contributed by atoms with van der Waals surface area (Å²) in [5.74, 6) is -3.39. The number of ether oxygens (including phenoxy) is 2. The van der Waals surface area contributed by atoms with Crippen LogP contribution in [0.1, 0.15) is 38.3 Å². The van der Waals surface area contributed by atoms with Crippen LogP contribution in [0.25, 0.3) is 5.70 Å². The molecule has 0 saturated heterocycles. The third kappa shape index (κ3) is 7.86. The lowest BCUT2D eigenvalue weighted by molar-refractivity contribution is -0.157. The van der Waals surface area contributed by atoms with Crippen molar-refractivity contribution in [2.24, 2.45) is 0 Å². The van der Waals surface area contributed by atoms with Gasteiger partial charge in [0.2, 0.25) is 11.8 Å². The number of rotatable bonds is 12. The first-order valence-corrected chi connectivity index (χ1v) is 13.1. The Balaban J connectivity index is 1.91. The Morgan fingerprint density at radius 3 is 2.17 bits per heavy atom. The van der Waals surface area contributed by atoms with Gasteiger partial charge in [0.1, 0.15) is 18.6 Å². The Morgan fingerprint density at radius 2 is 1.60 bits per heavy atom. The number of hydrogen-bond acceptors (Lipinski definition) is 7. The molecule has 40 heavy (non-hydrogen) atoms. The van der Waals surface area contributed by atoms with E-state index in [0.717, 1.165) is 5.56 Å². The normalized spacial score (nSPS) is 15.9. The van der Waals surface area contributed by atoms with Crippen LogP contribution in [-0.2, 0) is 39.9 Å². The van der Waals surface area contributed by atoms with E-state index in [2.05, 4.69) is 5.32 Å². The van der Waals surface area contributed by atoms with Crippen LogP contribution in [0.15, 0.2) is 66.9 Å². The maximum atomic E-state index is 13.7. The van der Waals surface area contributed by atoms with Gasteiger partial charge >= 0.3 is 5.97 Å². The second-order valence-electron chi connectivity index (χ2n) is 9.66. The maximum Gasteiger partial charge on any atom is 0.377 e. The lowest BCUT2D eigenvalue weighted by Crippen LogP contribution is -2.55. The summed E-state index contributed by atoms with van der Waals surface area (Å²) in [4.78, 5) is 67.7. The second-order valence-corrected chi connectivity index (χ2v) is 9.66. The highest BCUT2D eigenvalue weighted by molar-refractivity contribution is 6.36. The average molecular weight is 550 g/mol. The first kappa shape index (κ1) is 30.2. The highest BCUT2D eigenvalue weighted by Gasteiger charge is 2.39. The third-order valence-corrected chi connectivity index (χ3v) is 6.25. The summed E-state index contributed by atoms with van der Waals surface area (Å²) in [5.41, 5.74) is 1.71. The van der Waals surface area contributed by atoms with Crippen LogP contribution < -0.4 is 5.32 Å². The molecule has 0 aromatic heterocycles. The highest BCUT2D eigenvalue weighted by Crippen LogP contribution is 2.28. The number of nitrogens with zero attached hydrogens (tertiary/aromatic N) is 2. The molecule has 10 heteroatoms. The van der Waals surface area contributed by atoms with Crippen LogP contribution in [0.2, 0.25) is 0 Å². The van der Waals surface area contributed by atoms with E-state index in [1.54, 1.807) is 68.6 Å². The summed E-state index contributed by atoms with van der Waals surface area (Å²) in [5, 5.41) is 2.64. The molecule has 2 aromatic carbocycles. The molecule has 1 unspecified atom stereocenters. The average Bonchev–Trinajstić information content (AvgIpc) is 2.93. The fourth-order valence-electron chi connectivity index (χ4n) is 4.37. The molecule has 3 rings (SSSR count). The van der Waals surface area contributed by atoms with Gasteiger partial charge in [0.15, 0.2) is 0 Å². The summed E-state index contributed by atoms with van der Waals surface area (Å²) in [7, 11) is 1.50. The van der Waals surface area contributed by atoms with Gasteiger partial charge in [0, 0.05) is 39.7 Å². The van der Waals surface area contributed by atoms with Gasteiger partial charge in [-0.1, -0.05) is 60.7 Å². The van der Waals surface area contributed by atoms with Gasteiger partial charge in [-0.15, -0.1) is 0 Å². The largest absolute Gasteiger partial charge is 0.457 e. The number of carbonyl (C=O) groups excluding carboxylic acids is 5. The van der Waals surface area contributed by atoms with Crippen molar-refractivity contribution >= 4 is 35.2 Å². The van der Waals surface area contributed by atoms with Crippen LogP contribution in [0.3, 0.4) is 0 Å². The molecule has 0 spiro atoms. The predicted octanol–water partition coefficient (Wildman–Crippen LogP) is 2.33. The van der Waals surface area contributed by atoms with Crippen LogP contribution in [0.5, 0.6) is 0 Å². The molecule has 2 aromatic rings. The van der Waals surface area contributed by atoms with E-state index in [1.165, 1.54) is 23.8 Å². The van der Waals surface area contributed by atoms with Gasteiger partial charge in [0.25, 0.3) is 11.7 Å². The van der Waals surface area contributed by atoms with Crippen molar-refractivity contribution in [1.29, 1.82) is 0 Å². The van der Waals surface area contributed by atoms with Gasteiger partial charge in [0.05, 0.1) is 11.8 Å². The van der Waals surface area contributed by atoms with Crippen LogP contribution >= 0.6 is 0 Å². The fourth-order valence-corrected chi connectivity index (χ4v) is 4.37. The van der Waals surface area contributed by atoms with Crippen LogP contribution in [-0.4, -0.2) is 77.7 Å². The van der Waals surface area contributed by atoms with E-state index >= 15 is 0 Å². The molecule has 1 N–H and O–H groups in total. The maximum absolute atomic E-state index is 13.7. The number of esters is 1. The van der Waals surface area contributed by atoms with Crippen LogP contribution in [0.4, 0.5) is 0 Å². The second kappa shape index (κ2) is 14.2.